The van der Waals surface area contributed by atoms with Crippen LogP contribution < -0.4 is 0 Å². The van der Waals surface area contributed by atoms with E-state index in [1.54, 1.807) is 20.8 Å². The van der Waals surface area contributed by atoms with E-state index in [0.717, 1.165) is 0 Å². The van der Waals surface area contributed by atoms with Crippen LogP contribution in [-0.4, -0.2) is 11.1 Å². The molecule has 16 heavy (non-hydrogen) atoms. The molecule has 2 nitrogen and oxygen atoms in total. The fourth-order valence-corrected chi connectivity index (χ4v) is 2.09. The van der Waals surface area contributed by atoms with Crippen LogP contribution in [0.25, 0.3) is 0 Å². The average Bonchev–Trinajstić information content (AvgIpc) is 2.21. The Balaban J connectivity index is 3.47. The molecule has 0 bridgehead atoms. The highest BCUT2D eigenvalue weighted by Crippen LogP contribution is 2.32. The number of halogens is 2. The van der Waals surface area contributed by atoms with Crippen molar-refractivity contribution in [2.24, 2.45) is 0 Å². The first-order chi connectivity index (χ1) is 7.40. The summed E-state index contributed by atoms with van der Waals surface area (Å²) in [6.07, 6.45) is 0.413. The van der Waals surface area contributed by atoms with E-state index in [9.17, 15) is 9.18 Å². The Hall–Kier alpha value is -1.09. The third-order valence-electron chi connectivity index (χ3n) is 2.83. The molecule has 0 radical (unpaired) electrons. The largest absolute Gasteiger partial charge is 0.481 e. The Morgan fingerprint density at radius 1 is 1.50 bits per heavy atom. The van der Waals surface area contributed by atoms with Crippen LogP contribution in [0.5, 0.6) is 0 Å². The molecular formula is C12H14ClFO2. The van der Waals surface area contributed by atoms with E-state index in [2.05, 4.69) is 0 Å². The van der Waals surface area contributed by atoms with Gasteiger partial charge in [-0.3, -0.25) is 4.79 Å². The van der Waals surface area contributed by atoms with Crippen LogP contribution in [0.1, 0.15) is 36.0 Å². The maximum atomic E-state index is 13.5. The molecule has 1 rings (SSSR count). The van der Waals surface area contributed by atoms with Crippen molar-refractivity contribution in [3.8, 4) is 0 Å². The van der Waals surface area contributed by atoms with Crippen LogP contribution in [0.3, 0.4) is 0 Å². The number of rotatable bonds is 3. The molecule has 0 aliphatic rings. The van der Waals surface area contributed by atoms with Crippen molar-refractivity contribution in [1.82, 2.24) is 0 Å². The molecular weight excluding hydrogens is 231 g/mol. The molecule has 0 aliphatic heterocycles. The van der Waals surface area contributed by atoms with Crippen LogP contribution in [-0.2, 0) is 4.79 Å². The van der Waals surface area contributed by atoms with Gasteiger partial charge in [-0.25, -0.2) is 4.39 Å². The molecule has 0 aromatic heterocycles. The minimum absolute atomic E-state index is 0.276. The molecule has 0 amide bonds. The zero-order valence-electron chi connectivity index (χ0n) is 9.47. The summed E-state index contributed by atoms with van der Waals surface area (Å²) in [5, 5.41) is 9.37. The summed E-state index contributed by atoms with van der Waals surface area (Å²) in [5.41, 5.74) is 1.52. The van der Waals surface area contributed by atoms with Crippen LogP contribution in [0, 0.1) is 19.7 Å². The summed E-state index contributed by atoms with van der Waals surface area (Å²) >= 11 is 5.86. The van der Waals surface area contributed by atoms with Gasteiger partial charge in [0.1, 0.15) is 5.82 Å². The van der Waals surface area contributed by atoms with Gasteiger partial charge in [-0.15, -0.1) is 0 Å². The summed E-state index contributed by atoms with van der Waals surface area (Å²) in [6.45, 7) is 5.06. The Morgan fingerprint density at radius 3 is 2.50 bits per heavy atom. The van der Waals surface area contributed by atoms with Gasteiger partial charge in [0.05, 0.1) is 5.92 Å². The number of benzene rings is 1. The van der Waals surface area contributed by atoms with Crippen molar-refractivity contribution in [2.45, 2.75) is 33.1 Å². The molecule has 4 heteroatoms. The quantitative estimate of drug-likeness (QED) is 0.881. The molecule has 1 aromatic carbocycles. The molecule has 88 valence electrons. The molecule has 0 fully saturated rings. The lowest BCUT2D eigenvalue weighted by Crippen LogP contribution is -2.14. The van der Waals surface area contributed by atoms with E-state index in [1.807, 2.05) is 0 Å². The molecule has 0 saturated carbocycles. The van der Waals surface area contributed by atoms with Crippen molar-refractivity contribution in [3.05, 3.63) is 33.6 Å². The van der Waals surface area contributed by atoms with Crippen LogP contribution in [0.4, 0.5) is 4.39 Å². The summed E-state index contributed by atoms with van der Waals surface area (Å²) < 4.78 is 13.5. The second-order valence-electron chi connectivity index (χ2n) is 3.80. The van der Waals surface area contributed by atoms with Gasteiger partial charge in [0.2, 0.25) is 0 Å². The number of carbonyl (C=O) groups is 1. The highest BCUT2D eigenvalue weighted by molar-refractivity contribution is 6.31. The van der Waals surface area contributed by atoms with Gasteiger partial charge in [-0.2, -0.15) is 0 Å². The lowest BCUT2D eigenvalue weighted by atomic mass is 9.88. The first-order valence-electron chi connectivity index (χ1n) is 5.08. The summed E-state index contributed by atoms with van der Waals surface area (Å²) in [6, 6.07) is 1.23. The van der Waals surface area contributed by atoms with Crippen LogP contribution >= 0.6 is 11.6 Å². The van der Waals surface area contributed by atoms with Gasteiger partial charge < -0.3 is 5.11 Å². The Bertz CT molecular complexity index is 403. The first-order valence-corrected chi connectivity index (χ1v) is 5.45. The standard InChI is InChI=1S/C12H14ClFO2/c1-4-8(12(15)16)11-6(2)9(13)5-10(14)7(11)3/h5,8H,4H2,1-3H3,(H,15,16). The van der Waals surface area contributed by atoms with E-state index in [1.165, 1.54) is 6.07 Å². The Labute approximate surface area is 99.0 Å². The van der Waals surface area contributed by atoms with Crippen molar-refractivity contribution in [2.75, 3.05) is 0 Å². The van der Waals surface area contributed by atoms with E-state index in [-0.39, 0.29) is 5.02 Å². The molecule has 0 spiro atoms. The van der Waals surface area contributed by atoms with Crippen LogP contribution in [0.2, 0.25) is 5.02 Å². The summed E-state index contributed by atoms with van der Waals surface area (Å²) in [7, 11) is 0. The molecule has 1 atom stereocenters. The van der Waals surface area contributed by atoms with Crippen molar-refractivity contribution < 1.29 is 14.3 Å². The minimum atomic E-state index is -0.949. The zero-order valence-corrected chi connectivity index (χ0v) is 10.2. The molecule has 1 unspecified atom stereocenters. The van der Waals surface area contributed by atoms with Gasteiger partial charge in [0.25, 0.3) is 0 Å². The lowest BCUT2D eigenvalue weighted by molar-refractivity contribution is -0.138. The highest BCUT2D eigenvalue weighted by Gasteiger charge is 2.24. The van der Waals surface area contributed by atoms with Gasteiger partial charge in [-0.05, 0) is 43.0 Å². The zero-order chi connectivity index (χ0) is 12.5. The normalized spacial score (nSPS) is 12.6. The van der Waals surface area contributed by atoms with Gasteiger partial charge in [-0.1, -0.05) is 18.5 Å². The SMILES string of the molecule is CCC(C(=O)O)c1c(C)c(F)cc(Cl)c1C. The number of hydrogen-bond donors (Lipinski definition) is 1. The fourth-order valence-electron chi connectivity index (χ4n) is 1.89. The second kappa shape index (κ2) is 4.83. The smallest absolute Gasteiger partial charge is 0.310 e. The predicted octanol–water partition coefficient (Wildman–Crippen LogP) is 3.67. The monoisotopic (exact) mass is 244 g/mol. The second-order valence-corrected chi connectivity index (χ2v) is 4.21. The van der Waals surface area contributed by atoms with Crippen LogP contribution in [0.15, 0.2) is 6.07 Å². The average molecular weight is 245 g/mol. The number of hydrogen-bond acceptors (Lipinski definition) is 1. The predicted molar refractivity (Wildman–Crippen MR) is 61.6 cm³/mol. The van der Waals surface area contributed by atoms with Crippen molar-refractivity contribution in [1.29, 1.82) is 0 Å². The number of aliphatic carboxylic acids is 1. The Morgan fingerprint density at radius 2 is 2.06 bits per heavy atom. The third kappa shape index (κ3) is 2.19. The Kier molecular flexibility index (Phi) is 3.92. The third-order valence-corrected chi connectivity index (χ3v) is 3.23. The number of carboxylic acids is 1. The maximum absolute atomic E-state index is 13.5. The highest BCUT2D eigenvalue weighted by atomic mass is 35.5. The summed E-state index contributed by atoms with van der Waals surface area (Å²) in [4.78, 5) is 11.1. The maximum Gasteiger partial charge on any atom is 0.310 e. The number of carboxylic acid groups (broad SMARTS) is 1. The molecule has 0 aliphatic carbocycles. The molecule has 0 saturated heterocycles. The first kappa shape index (κ1) is 13.0. The fraction of sp³-hybridized carbons (Fsp3) is 0.417. The molecule has 1 aromatic rings. The van der Waals surface area contributed by atoms with E-state index in [4.69, 9.17) is 16.7 Å². The van der Waals surface area contributed by atoms with Gasteiger partial charge in [0.15, 0.2) is 0 Å². The molecule has 1 N–H and O–H groups in total. The minimum Gasteiger partial charge on any atom is -0.481 e. The van der Waals surface area contributed by atoms with Gasteiger partial charge in [0, 0.05) is 5.02 Å². The lowest BCUT2D eigenvalue weighted by Gasteiger charge is -2.18. The van der Waals surface area contributed by atoms with Crippen molar-refractivity contribution in [3.63, 3.8) is 0 Å². The summed E-state index contributed by atoms with van der Waals surface area (Å²) in [5.74, 6) is -2.10. The molecule has 0 heterocycles. The van der Waals surface area contributed by atoms with E-state index >= 15 is 0 Å². The van der Waals surface area contributed by atoms with Crippen molar-refractivity contribution >= 4 is 17.6 Å². The topological polar surface area (TPSA) is 37.3 Å². The van der Waals surface area contributed by atoms with Gasteiger partial charge >= 0.3 is 5.97 Å². The van der Waals surface area contributed by atoms with E-state index < -0.39 is 17.7 Å². The van der Waals surface area contributed by atoms with E-state index in [0.29, 0.717) is 23.1 Å².